The number of benzene rings is 1. The molecule has 2 aromatic rings. The van der Waals surface area contributed by atoms with Gasteiger partial charge in [0.05, 0.1) is 5.92 Å². The number of aromatic amines is 1. The highest BCUT2D eigenvalue weighted by atomic mass is 35.5. The Kier molecular flexibility index (Phi) is 3.99. The van der Waals surface area contributed by atoms with Crippen molar-refractivity contribution < 1.29 is 4.79 Å². The third kappa shape index (κ3) is 2.83. The van der Waals surface area contributed by atoms with E-state index in [9.17, 15) is 9.59 Å². The van der Waals surface area contributed by atoms with Crippen molar-refractivity contribution >= 4 is 17.5 Å². The zero-order chi connectivity index (χ0) is 13.8. The monoisotopic (exact) mass is 277 g/mol. The summed E-state index contributed by atoms with van der Waals surface area (Å²) in [6.45, 7) is 0. The van der Waals surface area contributed by atoms with E-state index in [2.05, 4.69) is 10.4 Å². The normalized spacial score (nSPS) is 11.9. The minimum Gasteiger partial charge on any atom is -0.329 e. The Morgan fingerprint density at radius 2 is 1.95 bits per heavy atom. The van der Waals surface area contributed by atoms with E-state index in [0.717, 1.165) is 0 Å². The first kappa shape index (κ1) is 13.3. The molecule has 0 radical (unpaired) electrons. The molecule has 4 N–H and O–H groups in total. The lowest BCUT2D eigenvalue weighted by molar-refractivity contribution is -0.121. The molecule has 19 heavy (non-hydrogen) atoms. The summed E-state index contributed by atoms with van der Waals surface area (Å²) >= 11 is 5.81. The first-order chi connectivity index (χ1) is 9.13. The summed E-state index contributed by atoms with van der Waals surface area (Å²) in [5, 5.41) is 0.553. The smallest absolute Gasteiger partial charge is 0.252 e. The van der Waals surface area contributed by atoms with Gasteiger partial charge in [0.2, 0.25) is 5.91 Å². The molecule has 5 nitrogen and oxygen atoms in total. The Hall–Kier alpha value is -2.11. The second-order valence-corrected chi connectivity index (χ2v) is 4.38. The molecule has 1 unspecified atom stereocenters. The number of halogens is 1. The molecule has 1 heterocycles. The van der Waals surface area contributed by atoms with Gasteiger partial charge in [0.1, 0.15) is 0 Å². The number of H-pyrrole nitrogens is 1. The molecule has 1 aromatic heterocycles. The highest BCUT2D eigenvalue weighted by Gasteiger charge is 2.24. The number of rotatable bonds is 3. The van der Waals surface area contributed by atoms with Crippen molar-refractivity contribution in [2.24, 2.45) is 5.84 Å². The fourth-order valence-electron chi connectivity index (χ4n) is 1.87. The van der Waals surface area contributed by atoms with Gasteiger partial charge >= 0.3 is 0 Å². The molecule has 0 aliphatic carbocycles. The van der Waals surface area contributed by atoms with Gasteiger partial charge in [0.15, 0.2) is 0 Å². The Labute approximate surface area is 114 Å². The first-order valence-electron chi connectivity index (χ1n) is 5.57. The first-order valence-corrected chi connectivity index (χ1v) is 5.95. The molecule has 0 saturated heterocycles. The highest BCUT2D eigenvalue weighted by molar-refractivity contribution is 6.30. The largest absolute Gasteiger partial charge is 0.329 e. The van der Waals surface area contributed by atoms with E-state index in [-0.39, 0.29) is 5.56 Å². The third-order valence-corrected chi connectivity index (χ3v) is 3.02. The molecule has 0 fully saturated rings. The van der Waals surface area contributed by atoms with Crippen LogP contribution in [0.3, 0.4) is 0 Å². The number of carbonyl (C=O) groups excluding carboxylic acids is 1. The zero-order valence-corrected chi connectivity index (χ0v) is 10.6. The number of nitrogens with two attached hydrogens (primary N) is 1. The second kappa shape index (κ2) is 5.69. The molecule has 2 rings (SSSR count). The second-order valence-electron chi connectivity index (χ2n) is 3.95. The Morgan fingerprint density at radius 1 is 1.26 bits per heavy atom. The van der Waals surface area contributed by atoms with Gasteiger partial charge in [-0.1, -0.05) is 29.8 Å². The fourth-order valence-corrected chi connectivity index (χ4v) is 2.00. The topological polar surface area (TPSA) is 88.0 Å². The summed E-state index contributed by atoms with van der Waals surface area (Å²) in [5.41, 5.74) is 2.72. The van der Waals surface area contributed by atoms with Crippen molar-refractivity contribution in [2.75, 3.05) is 0 Å². The molecule has 0 spiro atoms. The third-order valence-electron chi connectivity index (χ3n) is 2.77. The molecule has 0 saturated carbocycles. The van der Waals surface area contributed by atoms with Crippen LogP contribution in [-0.4, -0.2) is 10.9 Å². The lowest BCUT2D eigenvalue weighted by Gasteiger charge is -2.15. The van der Waals surface area contributed by atoms with Crippen LogP contribution in [0.4, 0.5) is 0 Å². The number of carbonyl (C=O) groups is 1. The molecule has 6 heteroatoms. The number of hydrogen-bond donors (Lipinski definition) is 3. The van der Waals surface area contributed by atoms with Crippen LogP contribution in [0.15, 0.2) is 47.4 Å². The van der Waals surface area contributed by atoms with Gasteiger partial charge in [-0.15, -0.1) is 0 Å². The van der Waals surface area contributed by atoms with Gasteiger partial charge < -0.3 is 4.98 Å². The number of hydrazine groups is 1. The number of hydrogen-bond acceptors (Lipinski definition) is 3. The molecular formula is C13H12ClN3O2. The number of aromatic nitrogens is 1. The predicted molar refractivity (Wildman–Crippen MR) is 72.7 cm³/mol. The molecule has 98 valence electrons. The molecule has 0 aliphatic heterocycles. The minimum atomic E-state index is -0.771. The van der Waals surface area contributed by atoms with Crippen molar-refractivity contribution in [2.45, 2.75) is 5.92 Å². The maximum Gasteiger partial charge on any atom is 0.252 e. The van der Waals surface area contributed by atoms with Gasteiger partial charge in [-0.05, 0) is 23.8 Å². The van der Waals surface area contributed by atoms with Gasteiger partial charge in [-0.3, -0.25) is 15.0 Å². The van der Waals surface area contributed by atoms with Crippen LogP contribution in [-0.2, 0) is 4.79 Å². The van der Waals surface area contributed by atoms with Crippen LogP contribution in [0, 0.1) is 0 Å². The summed E-state index contributed by atoms with van der Waals surface area (Å²) in [7, 11) is 0. The van der Waals surface area contributed by atoms with Crippen LogP contribution < -0.4 is 16.8 Å². The molecule has 0 aliphatic rings. The highest BCUT2D eigenvalue weighted by Crippen LogP contribution is 2.23. The summed E-state index contributed by atoms with van der Waals surface area (Å²) < 4.78 is 0. The van der Waals surface area contributed by atoms with Crippen molar-refractivity contribution in [3.63, 3.8) is 0 Å². The van der Waals surface area contributed by atoms with Crippen LogP contribution in [0.5, 0.6) is 0 Å². The van der Waals surface area contributed by atoms with Crippen molar-refractivity contribution in [3.8, 4) is 0 Å². The van der Waals surface area contributed by atoms with E-state index in [0.29, 0.717) is 16.1 Å². The standard InChI is InChI=1S/C13H12ClN3O2/c14-9-5-3-8(4-6-9)11(13(19)17-15)10-2-1-7-16-12(10)18/h1-7,11H,15H2,(H,16,18)(H,17,19). The lowest BCUT2D eigenvalue weighted by atomic mass is 9.91. The maximum absolute atomic E-state index is 11.9. The number of nitrogens with one attached hydrogen (secondary N) is 2. The van der Waals surface area contributed by atoms with Gasteiger partial charge in [0.25, 0.3) is 5.56 Å². The zero-order valence-electron chi connectivity index (χ0n) is 9.89. The molecule has 1 aromatic carbocycles. The SMILES string of the molecule is NNC(=O)C(c1ccc(Cl)cc1)c1ccc[nH]c1=O. The Bertz CT molecular complexity index is 637. The van der Waals surface area contributed by atoms with E-state index in [4.69, 9.17) is 17.4 Å². The summed E-state index contributed by atoms with van der Waals surface area (Å²) in [6.07, 6.45) is 1.51. The minimum absolute atomic E-state index is 0.327. The van der Waals surface area contributed by atoms with E-state index in [1.165, 1.54) is 6.20 Å². The van der Waals surface area contributed by atoms with Crippen LogP contribution >= 0.6 is 11.6 Å². The van der Waals surface area contributed by atoms with Crippen molar-refractivity contribution in [3.05, 3.63) is 69.1 Å². The maximum atomic E-state index is 11.9. The average molecular weight is 278 g/mol. The molecular weight excluding hydrogens is 266 g/mol. The van der Waals surface area contributed by atoms with Crippen LogP contribution in [0.1, 0.15) is 17.0 Å². The van der Waals surface area contributed by atoms with E-state index >= 15 is 0 Å². The number of pyridine rings is 1. The summed E-state index contributed by atoms with van der Waals surface area (Å²) in [6, 6.07) is 9.94. The number of amides is 1. The predicted octanol–water partition coefficient (Wildman–Crippen LogP) is 1.15. The van der Waals surface area contributed by atoms with Gasteiger partial charge in [-0.25, -0.2) is 5.84 Å². The molecule has 1 atom stereocenters. The molecule has 1 amide bonds. The summed E-state index contributed by atoms with van der Waals surface area (Å²) in [5.74, 6) is 3.96. The average Bonchev–Trinajstić information content (AvgIpc) is 2.43. The fraction of sp³-hybridized carbons (Fsp3) is 0.0769. The van der Waals surface area contributed by atoms with Gasteiger partial charge in [0, 0.05) is 16.8 Å². The van der Waals surface area contributed by atoms with Gasteiger partial charge in [-0.2, -0.15) is 0 Å². The van der Waals surface area contributed by atoms with E-state index in [1.54, 1.807) is 36.4 Å². The van der Waals surface area contributed by atoms with E-state index in [1.807, 2.05) is 0 Å². The quantitative estimate of drug-likeness (QED) is 0.447. The van der Waals surface area contributed by atoms with Crippen molar-refractivity contribution in [1.82, 2.24) is 10.4 Å². The lowest BCUT2D eigenvalue weighted by Crippen LogP contribution is -2.37. The van der Waals surface area contributed by atoms with Crippen LogP contribution in [0.2, 0.25) is 5.02 Å². The van der Waals surface area contributed by atoms with Crippen molar-refractivity contribution in [1.29, 1.82) is 0 Å². The Balaban J connectivity index is 2.54. The van der Waals surface area contributed by atoms with Crippen LogP contribution in [0.25, 0.3) is 0 Å². The van der Waals surface area contributed by atoms with E-state index < -0.39 is 11.8 Å². The molecule has 0 bridgehead atoms. The summed E-state index contributed by atoms with van der Waals surface area (Å²) in [4.78, 5) is 26.3. The Morgan fingerprint density at radius 3 is 2.53 bits per heavy atom.